The predicted molar refractivity (Wildman–Crippen MR) is 74.5 cm³/mol. The van der Waals surface area contributed by atoms with E-state index in [0.29, 0.717) is 5.39 Å². The van der Waals surface area contributed by atoms with Crippen LogP contribution < -0.4 is 10.9 Å². The first-order chi connectivity index (χ1) is 8.52. The van der Waals surface area contributed by atoms with Crippen molar-refractivity contribution in [1.29, 1.82) is 0 Å². The lowest BCUT2D eigenvalue weighted by Crippen LogP contribution is -2.38. The van der Waals surface area contributed by atoms with Gasteiger partial charge in [0, 0.05) is 6.04 Å². The zero-order valence-corrected chi connectivity index (χ0v) is 11.5. The molecule has 0 radical (unpaired) electrons. The number of carbonyl (C=O) groups is 1. The average Bonchev–Trinajstić information content (AvgIpc) is 2.66. The van der Waals surface area contributed by atoms with Crippen LogP contribution in [0.1, 0.15) is 25.8 Å². The lowest BCUT2D eigenvalue weighted by Gasteiger charge is -2.09. The first kappa shape index (κ1) is 12.8. The van der Waals surface area contributed by atoms with Gasteiger partial charge in [-0.3, -0.25) is 4.79 Å². The summed E-state index contributed by atoms with van der Waals surface area (Å²) < 4.78 is 2.03. The van der Waals surface area contributed by atoms with Crippen LogP contribution >= 0.6 is 11.5 Å². The summed E-state index contributed by atoms with van der Waals surface area (Å²) >= 11 is 1.19. The van der Waals surface area contributed by atoms with Crippen LogP contribution in [-0.2, 0) is 0 Å². The zero-order chi connectivity index (χ0) is 13.3. The Morgan fingerprint density at radius 2 is 2.22 bits per heavy atom. The van der Waals surface area contributed by atoms with Crippen LogP contribution in [0.2, 0.25) is 0 Å². The third-order valence-electron chi connectivity index (χ3n) is 2.91. The summed E-state index contributed by atoms with van der Waals surface area (Å²) in [6, 6.07) is 5.37. The van der Waals surface area contributed by atoms with Gasteiger partial charge >= 0.3 is 6.03 Å². The van der Waals surface area contributed by atoms with Crippen LogP contribution in [0.3, 0.4) is 0 Å². The van der Waals surface area contributed by atoms with Crippen LogP contribution in [0.25, 0.3) is 10.1 Å². The number of carbonyl (C=O) groups excluding carboxylic acids is 1. The lowest BCUT2D eigenvalue weighted by molar-refractivity contribution is 0.240. The van der Waals surface area contributed by atoms with Crippen molar-refractivity contribution >= 4 is 27.6 Å². The van der Waals surface area contributed by atoms with Crippen molar-refractivity contribution in [1.82, 2.24) is 9.27 Å². The molecule has 0 fully saturated rings. The van der Waals surface area contributed by atoms with Crippen molar-refractivity contribution in [2.45, 2.75) is 33.2 Å². The van der Waals surface area contributed by atoms with Gasteiger partial charge in [0.05, 0.1) is 10.1 Å². The third kappa shape index (κ3) is 2.31. The minimum absolute atomic E-state index is 0.0661. The molecule has 1 N–H and O–H groups in total. The molecule has 4 nitrogen and oxygen atoms in total. The average molecular weight is 264 g/mol. The zero-order valence-electron chi connectivity index (χ0n) is 10.7. The Labute approximate surface area is 109 Å². The molecule has 1 amide bonds. The number of amides is 1. The topological polar surface area (TPSA) is 51.1 Å². The van der Waals surface area contributed by atoms with Gasteiger partial charge in [0.15, 0.2) is 0 Å². The summed E-state index contributed by atoms with van der Waals surface area (Å²) in [4.78, 5) is 24.1. The molecule has 0 aliphatic carbocycles. The Kier molecular flexibility index (Phi) is 3.52. The smallest absolute Gasteiger partial charge is 0.334 e. The molecule has 0 bridgehead atoms. The van der Waals surface area contributed by atoms with Crippen LogP contribution in [0.15, 0.2) is 23.0 Å². The molecule has 1 heterocycles. The summed E-state index contributed by atoms with van der Waals surface area (Å²) in [5, 5.41) is 3.41. The van der Waals surface area contributed by atoms with Crippen molar-refractivity contribution in [3.8, 4) is 0 Å². The number of hydrogen-bond acceptors (Lipinski definition) is 3. The number of benzene rings is 1. The van der Waals surface area contributed by atoms with Gasteiger partial charge in [0.25, 0.3) is 5.56 Å². The highest BCUT2D eigenvalue weighted by atomic mass is 32.1. The summed E-state index contributed by atoms with van der Waals surface area (Å²) in [5.41, 5.74) is 0.784. The van der Waals surface area contributed by atoms with Gasteiger partial charge in [-0.05, 0) is 43.9 Å². The van der Waals surface area contributed by atoms with Crippen molar-refractivity contribution in [3.05, 3.63) is 34.1 Å². The number of nitrogens with one attached hydrogen (secondary N) is 1. The minimum Gasteiger partial charge on any atom is -0.334 e. The highest BCUT2D eigenvalue weighted by Crippen LogP contribution is 2.17. The monoisotopic (exact) mass is 264 g/mol. The summed E-state index contributed by atoms with van der Waals surface area (Å²) in [7, 11) is 0. The van der Waals surface area contributed by atoms with E-state index in [-0.39, 0.29) is 17.6 Å². The van der Waals surface area contributed by atoms with Gasteiger partial charge in [-0.1, -0.05) is 18.6 Å². The fourth-order valence-corrected chi connectivity index (χ4v) is 2.53. The van der Waals surface area contributed by atoms with E-state index >= 15 is 0 Å². The fraction of sp³-hybridized carbons (Fsp3) is 0.385. The molecule has 96 valence electrons. The quantitative estimate of drug-likeness (QED) is 0.906. The van der Waals surface area contributed by atoms with Gasteiger partial charge in [-0.15, -0.1) is 0 Å². The van der Waals surface area contributed by atoms with Crippen molar-refractivity contribution in [2.24, 2.45) is 0 Å². The standard InChI is InChI=1S/C13H16N2O2S/c1-4-9(3)14-13(17)15-12(16)10-7-8(2)5-6-11(10)18-15/h5-7,9H,4H2,1-3H3,(H,14,17). The molecule has 18 heavy (non-hydrogen) atoms. The minimum atomic E-state index is -0.340. The Balaban J connectivity index is 2.43. The molecule has 2 aromatic rings. The van der Waals surface area contributed by atoms with Crippen LogP contribution in [0, 0.1) is 6.92 Å². The van der Waals surface area contributed by atoms with Crippen LogP contribution in [0.4, 0.5) is 4.79 Å². The van der Waals surface area contributed by atoms with Crippen LogP contribution in [-0.4, -0.2) is 16.0 Å². The second-order valence-electron chi connectivity index (χ2n) is 4.45. The predicted octanol–water partition coefficient (Wildman–Crippen LogP) is 2.73. The van der Waals surface area contributed by atoms with E-state index in [0.717, 1.165) is 16.7 Å². The SMILES string of the molecule is CCC(C)NC(=O)n1sc2ccc(C)cc2c1=O. The molecule has 0 aliphatic heterocycles. The van der Waals surface area contributed by atoms with E-state index in [2.05, 4.69) is 5.32 Å². The number of hydrogen-bond donors (Lipinski definition) is 1. The number of aromatic nitrogens is 1. The van der Waals surface area contributed by atoms with Gasteiger partial charge in [0.1, 0.15) is 0 Å². The molecule has 1 atom stereocenters. The van der Waals surface area contributed by atoms with Crippen molar-refractivity contribution < 1.29 is 4.79 Å². The maximum atomic E-state index is 12.1. The van der Waals surface area contributed by atoms with E-state index in [1.54, 1.807) is 0 Å². The molecular formula is C13H16N2O2S. The second kappa shape index (κ2) is 4.94. The molecule has 0 aliphatic rings. The Bertz CT molecular complexity index is 642. The first-order valence-corrected chi connectivity index (χ1v) is 6.73. The number of rotatable bonds is 2. The van der Waals surface area contributed by atoms with Gasteiger partial charge in [-0.2, -0.15) is 3.96 Å². The highest BCUT2D eigenvalue weighted by Gasteiger charge is 2.14. The van der Waals surface area contributed by atoms with E-state index < -0.39 is 0 Å². The van der Waals surface area contributed by atoms with Crippen molar-refractivity contribution in [3.63, 3.8) is 0 Å². The van der Waals surface area contributed by atoms with Crippen LogP contribution in [0.5, 0.6) is 0 Å². The number of aryl methyl sites for hydroxylation is 1. The van der Waals surface area contributed by atoms with Gasteiger partial charge in [-0.25, -0.2) is 4.79 Å². The molecule has 1 unspecified atom stereocenters. The Morgan fingerprint density at radius 3 is 2.89 bits per heavy atom. The second-order valence-corrected chi connectivity index (χ2v) is 5.44. The van der Waals surface area contributed by atoms with E-state index in [4.69, 9.17) is 0 Å². The molecule has 0 saturated heterocycles. The fourth-order valence-electron chi connectivity index (χ4n) is 1.64. The molecule has 1 aromatic heterocycles. The summed E-state index contributed by atoms with van der Waals surface area (Å²) in [5.74, 6) is 0. The van der Waals surface area contributed by atoms with Crippen molar-refractivity contribution in [2.75, 3.05) is 0 Å². The largest absolute Gasteiger partial charge is 0.338 e. The number of nitrogens with zero attached hydrogens (tertiary/aromatic N) is 1. The molecular weight excluding hydrogens is 248 g/mol. The van der Waals surface area contributed by atoms with Gasteiger partial charge < -0.3 is 5.32 Å². The molecule has 0 spiro atoms. The molecule has 1 aromatic carbocycles. The van der Waals surface area contributed by atoms with E-state index in [9.17, 15) is 9.59 Å². The first-order valence-electron chi connectivity index (χ1n) is 5.96. The highest BCUT2D eigenvalue weighted by molar-refractivity contribution is 7.14. The normalized spacial score (nSPS) is 12.6. The number of fused-ring (bicyclic) bond motifs is 1. The third-order valence-corrected chi connectivity index (χ3v) is 3.97. The van der Waals surface area contributed by atoms with Gasteiger partial charge in [0.2, 0.25) is 0 Å². The summed E-state index contributed by atoms with van der Waals surface area (Å²) in [6.07, 6.45) is 0.838. The Morgan fingerprint density at radius 1 is 1.50 bits per heavy atom. The lowest BCUT2D eigenvalue weighted by atomic mass is 10.2. The Hall–Kier alpha value is -1.62. The molecule has 2 rings (SSSR count). The summed E-state index contributed by atoms with van der Waals surface area (Å²) in [6.45, 7) is 5.84. The van der Waals surface area contributed by atoms with E-state index in [1.807, 2.05) is 39.0 Å². The van der Waals surface area contributed by atoms with E-state index in [1.165, 1.54) is 15.5 Å². The molecule has 5 heteroatoms. The maximum Gasteiger partial charge on any atom is 0.338 e. The molecule has 0 saturated carbocycles. The maximum absolute atomic E-state index is 12.1.